The van der Waals surface area contributed by atoms with E-state index in [0.717, 1.165) is 5.56 Å². The number of carbonyl (C=O) groups is 2. The molecule has 0 bridgehead atoms. The van der Waals surface area contributed by atoms with Gasteiger partial charge in [0.2, 0.25) is 0 Å². The van der Waals surface area contributed by atoms with Crippen LogP contribution in [0.1, 0.15) is 31.9 Å². The van der Waals surface area contributed by atoms with E-state index < -0.39 is 23.6 Å². The number of rotatable bonds is 6. The van der Waals surface area contributed by atoms with Crippen molar-refractivity contribution in [2.45, 2.75) is 38.8 Å². The van der Waals surface area contributed by atoms with Gasteiger partial charge in [-0.2, -0.15) is 5.10 Å². The molecule has 0 aromatic heterocycles. The molecule has 2 aromatic carbocycles. The van der Waals surface area contributed by atoms with Crippen molar-refractivity contribution in [3.05, 3.63) is 62.5 Å². The second-order valence-corrected chi connectivity index (χ2v) is 9.16. The molecule has 2 rings (SSSR count). The first-order chi connectivity index (χ1) is 14.0. The molecule has 0 saturated heterocycles. The first-order valence-corrected chi connectivity index (χ1v) is 10.7. The molecule has 0 aliphatic rings. The van der Waals surface area contributed by atoms with Crippen molar-refractivity contribution in [3.8, 4) is 5.75 Å². The van der Waals surface area contributed by atoms with Crippen LogP contribution in [0, 0.1) is 0 Å². The average Bonchev–Trinajstić information content (AvgIpc) is 2.64. The van der Waals surface area contributed by atoms with Crippen molar-refractivity contribution in [2.75, 3.05) is 0 Å². The number of hydrogen-bond acceptors (Lipinski definition) is 5. The summed E-state index contributed by atoms with van der Waals surface area (Å²) in [6.07, 6.45) is 1.02. The van der Waals surface area contributed by atoms with Crippen molar-refractivity contribution in [1.29, 1.82) is 0 Å². The number of nitrogens with zero attached hydrogens (tertiary/aromatic N) is 1. The van der Waals surface area contributed by atoms with Crippen LogP contribution in [0.4, 0.5) is 4.79 Å². The van der Waals surface area contributed by atoms with Crippen molar-refractivity contribution in [1.82, 2.24) is 10.7 Å². The minimum Gasteiger partial charge on any atom is -0.506 e. The van der Waals surface area contributed by atoms with E-state index in [4.69, 9.17) is 4.74 Å². The SMILES string of the molecule is CC(C)(C)OC(=O)NC(Cc1ccccc1)C(=O)NN=Cc1cc(Br)c(O)c(Br)c1. The summed E-state index contributed by atoms with van der Waals surface area (Å²) in [6.45, 7) is 5.24. The molecule has 9 heteroatoms. The Morgan fingerprint density at radius 3 is 2.33 bits per heavy atom. The van der Waals surface area contributed by atoms with Crippen LogP contribution in [0.5, 0.6) is 5.75 Å². The highest BCUT2D eigenvalue weighted by Crippen LogP contribution is 2.32. The second-order valence-electron chi connectivity index (χ2n) is 7.46. The molecule has 0 heterocycles. The molecule has 0 aliphatic heterocycles. The standard InChI is InChI=1S/C21H23Br2N3O4/c1-21(2,3)30-20(29)25-17(11-13-7-5-4-6-8-13)19(28)26-24-12-14-9-15(22)18(27)16(23)10-14/h4-10,12,17,27H,11H2,1-3H3,(H,25,29)(H,26,28). The van der Waals surface area contributed by atoms with Crippen LogP contribution in [0.25, 0.3) is 0 Å². The molecular formula is C21H23Br2N3O4. The smallest absolute Gasteiger partial charge is 0.408 e. The highest BCUT2D eigenvalue weighted by Gasteiger charge is 2.24. The molecule has 0 aliphatic carbocycles. The van der Waals surface area contributed by atoms with Crippen LogP contribution in [-0.2, 0) is 16.0 Å². The number of phenols is 1. The first kappa shape index (κ1) is 23.9. The summed E-state index contributed by atoms with van der Waals surface area (Å²) in [7, 11) is 0. The lowest BCUT2D eigenvalue weighted by atomic mass is 10.1. The van der Waals surface area contributed by atoms with Gasteiger partial charge in [0.1, 0.15) is 17.4 Å². The van der Waals surface area contributed by atoms with Gasteiger partial charge in [0.15, 0.2) is 0 Å². The lowest BCUT2D eigenvalue weighted by molar-refractivity contribution is -0.123. The maximum Gasteiger partial charge on any atom is 0.408 e. The zero-order chi connectivity index (χ0) is 22.3. The number of hydrogen-bond donors (Lipinski definition) is 3. The zero-order valence-corrected chi connectivity index (χ0v) is 20.0. The molecule has 0 fully saturated rings. The molecule has 30 heavy (non-hydrogen) atoms. The van der Waals surface area contributed by atoms with Crippen LogP contribution in [0.3, 0.4) is 0 Å². The fourth-order valence-corrected chi connectivity index (χ4v) is 3.64. The Bertz CT molecular complexity index is 905. The van der Waals surface area contributed by atoms with Gasteiger partial charge in [-0.3, -0.25) is 4.79 Å². The van der Waals surface area contributed by atoms with E-state index in [1.165, 1.54) is 6.21 Å². The molecule has 2 amide bonds. The Morgan fingerprint density at radius 2 is 1.77 bits per heavy atom. The van der Waals surface area contributed by atoms with E-state index in [1.807, 2.05) is 30.3 Å². The highest BCUT2D eigenvalue weighted by atomic mass is 79.9. The van der Waals surface area contributed by atoms with Gasteiger partial charge >= 0.3 is 6.09 Å². The van der Waals surface area contributed by atoms with Crippen molar-refractivity contribution in [3.63, 3.8) is 0 Å². The van der Waals surface area contributed by atoms with E-state index in [9.17, 15) is 14.7 Å². The Labute approximate surface area is 192 Å². The van der Waals surface area contributed by atoms with Gasteiger partial charge in [-0.15, -0.1) is 0 Å². The zero-order valence-electron chi connectivity index (χ0n) is 16.8. The number of alkyl carbamates (subject to hydrolysis) is 1. The van der Waals surface area contributed by atoms with Gasteiger partial charge in [0.25, 0.3) is 5.91 Å². The maximum atomic E-state index is 12.7. The molecule has 3 N–H and O–H groups in total. The van der Waals surface area contributed by atoms with Gasteiger partial charge in [0.05, 0.1) is 15.2 Å². The van der Waals surface area contributed by atoms with Crippen LogP contribution >= 0.6 is 31.9 Å². The quantitative estimate of drug-likeness (QED) is 0.371. The van der Waals surface area contributed by atoms with E-state index in [0.29, 0.717) is 14.5 Å². The van der Waals surface area contributed by atoms with Crippen molar-refractivity contribution in [2.24, 2.45) is 5.10 Å². The Hall–Kier alpha value is -2.39. The lowest BCUT2D eigenvalue weighted by Crippen LogP contribution is -2.48. The second kappa shape index (κ2) is 10.6. The number of hydrazone groups is 1. The molecule has 0 radical (unpaired) electrons. The topological polar surface area (TPSA) is 100 Å². The van der Waals surface area contributed by atoms with Crippen LogP contribution < -0.4 is 10.7 Å². The summed E-state index contributed by atoms with van der Waals surface area (Å²) in [5.41, 5.74) is 3.28. The molecule has 7 nitrogen and oxygen atoms in total. The van der Waals surface area contributed by atoms with E-state index in [-0.39, 0.29) is 12.2 Å². The number of halogens is 2. The number of benzene rings is 2. The van der Waals surface area contributed by atoms with E-state index >= 15 is 0 Å². The molecule has 0 saturated carbocycles. The number of nitrogens with one attached hydrogen (secondary N) is 2. The molecule has 1 unspecified atom stereocenters. The Kier molecular flexibility index (Phi) is 8.43. The number of amides is 2. The van der Waals surface area contributed by atoms with Gasteiger partial charge in [-0.25, -0.2) is 10.2 Å². The summed E-state index contributed by atoms with van der Waals surface area (Å²) < 4.78 is 6.23. The first-order valence-electron chi connectivity index (χ1n) is 9.09. The number of aromatic hydroxyl groups is 1. The van der Waals surface area contributed by atoms with Crippen molar-refractivity contribution < 1.29 is 19.4 Å². The summed E-state index contributed by atoms with van der Waals surface area (Å²) in [6, 6.07) is 11.7. The minimum absolute atomic E-state index is 0.0701. The number of ether oxygens (including phenoxy) is 1. The van der Waals surface area contributed by atoms with E-state index in [1.54, 1.807) is 32.9 Å². The summed E-state index contributed by atoms with van der Waals surface area (Å²) >= 11 is 6.48. The monoisotopic (exact) mass is 539 g/mol. The third kappa shape index (κ3) is 7.79. The molecule has 2 aromatic rings. The van der Waals surface area contributed by atoms with Crippen LogP contribution in [0.15, 0.2) is 56.5 Å². The molecule has 1 atom stereocenters. The van der Waals surface area contributed by atoms with Crippen molar-refractivity contribution >= 4 is 50.1 Å². The van der Waals surface area contributed by atoms with Crippen LogP contribution in [0.2, 0.25) is 0 Å². The Balaban J connectivity index is 2.10. The normalized spacial score (nSPS) is 12.4. The fourth-order valence-electron chi connectivity index (χ4n) is 2.42. The minimum atomic E-state index is -0.877. The molecule has 160 valence electrons. The lowest BCUT2D eigenvalue weighted by Gasteiger charge is -2.23. The van der Waals surface area contributed by atoms with Gasteiger partial charge < -0.3 is 15.2 Å². The predicted molar refractivity (Wildman–Crippen MR) is 123 cm³/mol. The largest absolute Gasteiger partial charge is 0.506 e. The fraction of sp³-hybridized carbons (Fsp3) is 0.286. The summed E-state index contributed by atoms with van der Waals surface area (Å²) in [4.78, 5) is 24.9. The van der Waals surface area contributed by atoms with Crippen LogP contribution in [-0.4, -0.2) is 35.0 Å². The third-order valence-electron chi connectivity index (χ3n) is 3.72. The summed E-state index contributed by atoms with van der Waals surface area (Å²) in [5, 5.41) is 16.3. The summed E-state index contributed by atoms with van der Waals surface area (Å²) in [5.74, 6) is -0.418. The Morgan fingerprint density at radius 1 is 1.17 bits per heavy atom. The number of phenolic OH excluding ortho intramolecular Hbond substituents is 1. The number of carbonyl (C=O) groups excluding carboxylic acids is 2. The predicted octanol–water partition coefficient (Wildman–Crippen LogP) is 4.50. The van der Waals surface area contributed by atoms with Gasteiger partial charge in [-0.1, -0.05) is 30.3 Å². The molecule has 0 spiro atoms. The average molecular weight is 541 g/mol. The highest BCUT2D eigenvalue weighted by molar-refractivity contribution is 9.11. The van der Waals surface area contributed by atoms with Gasteiger partial charge in [-0.05, 0) is 75.9 Å². The third-order valence-corrected chi connectivity index (χ3v) is 4.93. The van der Waals surface area contributed by atoms with E-state index in [2.05, 4.69) is 47.7 Å². The molecular weight excluding hydrogens is 518 g/mol. The maximum absolute atomic E-state index is 12.7. The van der Waals surface area contributed by atoms with Gasteiger partial charge in [0, 0.05) is 6.42 Å².